The summed E-state index contributed by atoms with van der Waals surface area (Å²) in [6.45, 7) is 5.71. The fourth-order valence-corrected chi connectivity index (χ4v) is 2.60. The monoisotopic (exact) mass is 274 g/mol. The fourth-order valence-electron chi connectivity index (χ4n) is 2.60. The van der Waals surface area contributed by atoms with E-state index in [2.05, 4.69) is 16.8 Å². The van der Waals surface area contributed by atoms with Crippen LogP contribution in [0.25, 0.3) is 0 Å². The van der Waals surface area contributed by atoms with Gasteiger partial charge in [-0.1, -0.05) is 19.1 Å². The molecule has 0 aliphatic carbocycles. The van der Waals surface area contributed by atoms with E-state index in [0.717, 1.165) is 44.6 Å². The van der Waals surface area contributed by atoms with Gasteiger partial charge in [-0.3, -0.25) is 9.59 Å². The summed E-state index contributed by atoms with van der Waals surface area (Å²) in [6, 6.07) is 5.59. The van der Waals surface area contributed by atoms with Crippen LogP contribution in [0.3, 0.4) is 0 Å². The highest BCUT2D eigenvalue weighted by Gasteiger charge is 2.20. The van der Waals surface area contributed by atoms with Crippen molar-refractivity contribution in [1.82, 2.24) is 4.90 Å². The number of nitrogens with zero attached hydrogens (tertiary/aromatic N) is 2. The van der Waals surface area contributed by atoms with Crippen molar-refractivity contribution in [2.75, 3.05) is 38.1 Å². The minimum Gasteiger partial charge on any atom is -0.368 e. The molecule has 20 heavy (non-hydrogen) atoms. The molecule has 1 aliphatic rings. The number of likely N-dealkylation sites (N-methyl/N-ethyl adjacent to an activating group) is 1. The van der Waals surface area contributed by atoms with Crippen LogP contribution in [0.1, 0.15) is 40.5 Å². The molecule has 0 bridgehead atoms. The Morgan fingerprint density at radius 2 is 1.95 bits per heavy atom. The van der Waals surface area contributed by atoms with Crippen LogP contribution in [0.15, 0.2) is 18.2 Å². The maximum atomic E-state index is 12.1. The molecule has 108 valence electrons. The molecule has 1 aromatic rings. The predicted molar refractivity (Wildman–Crippen MR) is 80.8 cm³/mol. The van der Waals surface area contributed by atoms with Crippen molar-refractivity contribution in [3.63, 3.8) is 0 Å². The van der Waals surface area contributed by atoms with Crippen molar-refractivity contribution < 1.29 is 9.59 Å². The molecule has 1 aliphatic heterocycles. The van der Waals surface area contributed by atoms with Gasteiger partial charge in [0.25, 0.3) is 0 Å². The number of rotatable bonds is 5. The highest BCUT2D eigenvalue weighted by Crippen LogP contribution is 2.24. The van der Waals surface area contributed by atoms with E-state index in [1.807, 2.05) is 19.1 Å². The number of Topliss-reactive ketones (excluding diaryl/α,β-unsaturated/α-hetero) is 1. The molecule has 4 heteroatoms. The van der Waals surface area contributed by atoms with Gasteiger partial charge in [-0.05, 0) is 19.5 Å². The number of benzene rings is 1. The molecular formula is C16H22N2O2. The number of hydrogen-bond donors (Lipinski definition) is 0. The van der Waals surface area contributed by atoms with E-state index in [9.17, 15) is 9.59 Å². The number of carbonyl (C=O) groups excluding carboxylic acids is 2. The molecule has 0 spiro atoms. The molecule has 0 N–H and O–H groups in total. The van der Waals surface area contributed by atoms with Crippen LogP contribution in [0.5, 0.6) is 0 Å². The lowest BCUT2D eigenvalue weighted by Crippen LogP contribution is -2.44. The van der Waals surface area contributed by atoms with Gasteiger partial charge in [-0.15, -0.1) is 0 Å². The van der Waals surface area contributed by atoms with Crippen molar-refractivity contribution >= 4 is 17.8 Å². The lowest BCUT2D eigenvalue weighted by molar-refractivity contribution is 0.0975. The molecule has 1 heterocycles. The Kier molecular flexibility index (Phi) is 4.90. The molecule has 0 atom stereocenters. The Morgan fingerprint density at radius 3 is 2.55 bits per heavy atom. The van der Waals surface area contributed by atoms with Gasteiger partial charge in [0.15, 0.2) is 12.1 Å². The van der Waals surface area contributed by atoms with Crippen molar-refractivity contribution in [2.24, 2.45) is 0 Å². The molecule has 1 fully saturated rings. The lowest BCUT2D eigenvalue weighted by Gasteiger charge is -2.35. The number of piperazine rings is 1. The van der Waals surface area contributed by atoms with Crippen molar-refractivity contribution in [3.8, 4) is 0 Å². The predicted octanol–water partition coefficient (Wildman–Crippen LogP) is 2.23. The average Bonchev–Trinajstić information content (AvgIpc) is 2.47. The van der Waals surface area contributed by atoms with E-state index in [1.54, 1.807) is 6.07 Å². The number of carbonyl (C=O) groups is 2. The van der Waals surface area contributed by atoms with Crippen LogP contribution in [0.2, 0.25) is 0 Å². The molecular weight excluding hydrogens is 252 g/mol. The number of ketones is 1. The summed E-state index contributed by atoms with van der Waals surface area (Å²) in [5.41, 5.74) is 2.02. The van der Waals surface area contributed by atoms with Crippen LogP contribution in [0, 0.1) is 0 Å². The molecule has 1 saturated heterocycles. The molecule has 2 rings (SSSR count). The maximum Gasteiger partial charge on any atom is 0.163 e. The summed E-state index contributed by atoms with van der Waals surface area (Å²) in [7, 11) is 2.10. The van der Waals surface area contributed by atoms with E-state index >= 15 is 0 Å². The molecule has 4 nitrogen and oxygen atoms in total. The van der Waals surface area contributed by atoms with E-state index in [-0.39, 0.29) is 5.78 Å². The number of hydrogen-bond acceptors (Lipinski definition) is 4. The molecule has 0 aromatic heterocycles. The first-order chi connectivity index (χ1) is 9.67. The first-order valence-corrected chi connectivity index (χ1v) is 7.22. The highest BCUT2D eigenvalue weighted by molar-refractivity contribution is 6.05. The fraction of sp³-hybridized carbons (Fsp3) is 0.500. The Labute approximate surface area is 120 Å². The molecule has 0 amide bonds. The first-order valence-electron chi connectivity index (χ1n) is 7.22. The van der Waals surface area contributed by atoms with Crippen LogP contribution in [-0.2, 0) is 0 Å². The Morgan fingerprint density at radius 1 is 1.25 bits per heavy atom. The lowest BCUT2D eigenvalue weighted by atomic mass is 9.99. The van der Waals surface area contributed by atoms with Gasteiger partial charge in [0.2, 0.25) is 0 Å². The van der Waals surface area contributed by atoms with Gasteiger partial charge in [0, 0.05) is 49.4 Å². The van der Waals surface area contributed by atoms with E-state index < -0.39 is 0 Å². The first kappa shape index (κ1) is 14.7. The summed E-state index contributed by atoms with van der Waals surface area (Å²) in [6.07, 6.45) is 2.12. The van der Waals surface area contributed by atoms with Gasteiger partial charge in [-0.2, -0.15) is 0 Å². The molecule has 0 radical (unpaired) electrons. The van der Waals surface area contributed by atoms with E-state index in [0.29, 0.717) is 17.5 Å². The van der Waals surface area contributed by atoms with Crippen LogP contribution in [0.4, 0.5) is 5.69 Å². The summed E-state index contributed by atoms with van der Waals surface area (Å²) in [5, 5.41) is 0. The zero-order valence-corrected chi connectivity index (χ0v) is 12.3. The van der Waals surface area contributed by atoms with Crippen LogP contribution >= 0.6 is 0 Å². The van der Waals surface area contributed by atoms with Gasteiger partial charge >= 0.3 is 0 Å². The quantitative estimate of drug-likeness (QED) is 0.610. The Hall–Kier alpha value is -1.68. The second kappa shape index (κ2) is 6.66. The Bertz CT molecular complexity index is 491. The van der Waals surface area contributed by atoms with E-state index in [1.165, 1.54) is 0 Å². The van der Waals surface area contributed by atoms with Gasteiger partial charge in [0.1, 0.15) is 0 Å². The zero-order chi connectivity index (χ0) is 14.5. The standard InChI is InChI=1S/C16H22N2O2/c1-3-5-16(20)13-6-4-7-15(14(13)12-19)18-10-8-17(2)9-11-18/h4,6-7,12H,3,5,8-11H2,1-2H3. The highest BCUT2D eigenvalue weighted by atomic mass is 16.1. The molecule has 1 aromatic carbocycles. The smallest absolute Gasteiger partial charge is 0.163 e. The zero-order valence-electron chi connectivity index (χ0n) is 12.3. The topological polar surface area (TPSA) is 40.6 Å². The van der Waals surface area contributed by atoms with Crippen molar-refractivity contribution in [3.05, 3.63) is 29.3 Å². The van der Waals surface area contributed by atoms with Gasteiger partial charge < -0.3 is 9.80 Å². The van der Waals surface area contributed by atoms with Crippen LogP contribution in [-0.4, -0.2) is 50.2 Å². The Balaban J connectivity index is 2.31. The SMILES string of the molecule is CCCC(=O)c1cccc(N2CCN(C)CC2)c1C=O. The second-order valence-electron chi connectivity index (χ2n) is 5.32. The van der Waals surface area contributed by atoms with Gasteiger partial charge in [0.05, 0.1) is 0 Å². The molecule has 0 saturated carbocycles. The maximum absolute atomic E-state index is 12.1. The van der Waals surface area contributed by atoms with Crippen molar-refractivity contribution in [1.29, 1.82) is 0 Å². The van der Waals surface area contributed by atoms with Gasteiger partial charge in [-0.25, -0.2) is 0 Å². The normalized spacial score (nSPS) is 16.2. The summed E-state index contributed by atoms with van der Waals surface area (Å²) >= 11 is 0. The minimum atomic E-state index is 0.0607. The third kappa shape index (κ3) is 3.07. The third-order valence-electron chi connectivity index (χ3n) is 3.82. The minimum absolute atomic E-state index is 0.0607. The summed E-state index contributed by atoms with van der Waals surface area (Å²) < 4.78 is 0. The van der Waals surface area contributed by atoms with Crippen molar-refractivity contribution in [2.45, 2.75) is 19.8 Å². The largest absolute Gasteiger partial charge is 0.368 e. The average molecular weight is 274 g/mol. The third-order valence-corrected chi connectivity index (χ3v) is 3.82. The van der Waals surface area contributed by atoms with E-state index in [4.69, 9.17) is 0 Å². The molecule has 0 unspecified atom stereocenters. The second-order valence-corrected chi connectivity index (χ2v) is 5.32. The number of aldehydes is 1. The summed E-state index contributed by atoms with van der Waals surface area (Å²) in [5.74, 6) is 0.0607. The number of anilines is 1. The van der Waals surface area contributed by atoms with Crippen LogP contribution < -0.4 is 4.90 Å². The summed E-state index contributed by atoms with van der Waals surface area (Å²) in [4.78, 5) is 28.1.